The first-order valence-electron chi connectivity index (χ1n) is 11.2. The number of nitrogens with zero attached hydrogens (tertiary/aromatic N) is 3. The molecule has 0 amide bonds. The van der Waals surface area contributed by atoms with Gasteiger partial charge in [0.15, 0.2) is 11.6 Å². The van der Waals surface area contributed by atoms with Crippen molar-refractivity contribution in [3.63, 3.8) is 0 Å². The van der Waals surface area contributed by atoms with Gasteiger partial charge >= 0.3 is 0 Å². The highest BCUT2D eigenvalue weighted by atomic mass is 16.1. The maximum atomic E-state index is 12.6. The van der Waals surface area contributed by atoms with Crippen LogP contribution in [0.4, 0.5) is 5.82 Å². The summed E-state index contributed by atoms with van der Waals surface area (Å²) in [5.74, 6) is 1.28. The van der Waals surface area contributed by atoms with Gasteiger partial charge in [0.1, 0.15) is 5.82 Å². The Labute approximate surface area is 187 Å². The van der Waals surface area contributed by atoms with Gasteiger partial charge in [-0.2, -0.15) is 0 Å². The molecule has 0 aliphatic carbocycles. The molecule has 0 saturated carbocycles. The summed E-state index contributed by atoms with van der Waals surface area (Å²) in [6.45, 7) is 5.74. The fourth-order valence-corrected chi connectivity index (χ4v) is 4.43. The normalized spacial score (nSPS) is 14.2. The Hall–Kier alpha value is -3.51. The molecule has 2 aromatic carbocycles. The van der Waals surface area contributed by atoms with E-state index in [-0.39, 0.29) is 5.78 Å². The summed E-state index contributed by atoms with van der Waals surface area (Å²) in [5, 5.41) is 4.38. The van der Waals surface area contributed by atoms with E-state index in [9.17, 15) is 4.79 Å². The number of hydrogen-bond donors (Lipinski definition) is 2. The zero-order valence-electron chi connectivity index (χ0n) is 18.3. The summed E-state index contributed by atoms with van der Waals surface area (Å²) in [7, 11) is 0. The van der Waals surface area contributed by atoms with E-state index in [0.29, 0.717) is 17.1 Å². The molecule has 0 bridgehead atoms. The van der Waals surface area contributed by atoms with E-state index in [4.69, 9.17) is 9.97 Å². The van der Waals surface area contributed by atoms with Crippen molar-refractivity contribution in [3.05, 3.63) is 66.2 Å². The first-order chi connectivity index (χ1) is 15.7. The lowest BCUT2D eigenvalue weighted by atomic mass is 10.1. The fraction of sp³-hybridized carbons (Fsp3) is 0.269. The maximum absolute atomic E-state index is 12.6. The van der Waals surface area contributed by atoms with Crippen LogP contribution in [0.1, 0.15) is 30.1 Å². The molecular formula is C26H27N5O. The maximum Gasteiger partial charge on any atom is 0.179 e. The number of para-hydroxylation sites is 1. The molecule has 2 N–H and O–H groups in total. The van der Waals surface area contributed by atoms with Crippen LogP contribution in [-0.4, -0.2) is 51.8 Å². The SMILES string of the molecule is CC(=O)c1c(-c2nc(NCCN3CCCC3)cc(-c3ccccc3)n2)[nH]c2ccccc12. The molecule has 32 heavy (non-hydrogen) atoms. The molecule has 6 heteroatoms. The van der Waals surface area contributed by atoms with Crippen molar-refractivity contribution in [2.24, 2.45) is 0 Å². The van der Waals surface area contributed by atoms with E-state index in [0.717, 1.165) is 41.1 Å². The van der Waals surface area contributed by atoms with Crippen LogP contribution in [-0.2, 0) is 0 Å². The third-order valence-corrected chi connectivity index (χ3v) is 6.01. The Bertz CT molecular complexity index is 1240. The number of benzene rings is 2. The summed E-state index contributed by atoms with van der Waals surface area (Å²) in [6, 6.07) is 19.9. The van der Waals surface area contributed by atoms with Gasteiger partial charge in [-0.3, -0.25) is 4.79 Å². The molecule has 0 spiro atoms. The third kappa shape index (κ3) is 4.14. The highest BCUT2D eigenvalue weighted by Crippen LogP contribution is 2.31. The fourth-order valence-electron chi connectivity index (χ4n) is 4.43. The minimum absolute atomic E-state index is 0.00490. The van der Waals surface area contributed by atoms with Crippen LogP contribution < -0.4 is 5.32 Å². The number of aromatic nitrogens is 3. The summed E-state index contributed by atoms with van der Waals surface area (Å²) >= 11 is 0. The summed E-state index contributed by atoms with van der Waals surface area (Å²) < 4.78 is 0. The van der Waals surface area contributed by atoms with Crippen LogP contribution >= 0.6 is 0 Å². The molecule has 0 atom stereocenters. The van der Waals surface area contributed by atoms with Gasteiger partial charge in [-0.1, -0.05) is 48.5 Å². The molecule has 1 saturated heterocycles. The smallest absolute Gasteiger partial charge is 0.179 e. The molecule has 5 rings (SSSR count). The van der Waals surface area contributed by atoms with Gasteiger partial charge in [-0.25, -0.2) is 9.97 Å². The number of ketones is 1. The van der Waals surface area contributed by atoms with Crippen LogP contribution in [0.3, 0.4) is 0 Å². The molecular weight excluding hydrogens is 398 g/mol. The van der Waals surface area contributed by atoms with Crippen LogP contribution in [0.5, 0.6) is 0 Å². The van der Waals surface area contributed by atoms with Crippen molar-refractivity contribution in [2.45, 2.75) is 19.8 Å². The van der Waals surface area contributed by atoms with Crippen molar-refractivity contribution in [1.82, 2.24) is 19.9 Å². The molecule has 2 aromatic heterocycles. The molecule has 3 heterocycles. The topological polar surface area (TPSA) is 73.9 Å². The van der Waals surface area contributed by atoms with E-state index in [1.165, 1.54) is 25.9 Å². The Morgan fingerprint density at radius 2 is 1.78 bits per heavy atom. The van der Waals surface area contributed by atoms with Gasteiger partial charge < -0.3 is 15.2 Å². The summed E-state index contributed by atoms with van der Waals surface area (Å²) in [6.07, 6.45) is 2.56. The molecule has 1 aliphatic rings. The predicted octanol–water partition coefficient (Wildman–Crippen LogP) is 5.00. The van der Waals surface area contributed by atoms with Crippen LogP contribution in [0.25, 0.3) is 33.7 Å². The number of hydrogen-bond acceptors (Lipinski definition) is 5. The van der Waals surface area contributed by atoms with E-state index in [1.54, 1.807) is 6.92 Å². The van der Waals surface area contributed by atoms with Gasteiger partial charge in [-0.05, 0) is 38.9 Å². The van der Waals surface area contributed by atoms with Crippen molar-refractivity contribution >= 4 is 22.5 Å². The van der Waals surface area contributed by atoms with Gasteiger partial charge in [-0.15, -0.1) is 0 Å². The molecule has 4 aromatic rings. The molecule has 1 fully saturated rings. The van der Waals surface area contributed by atoms with Crippen molar-refractivity contribution in [2.75, 3.05) is 31.5 Å². The number of anilines is 1. The lowest BCUT2D eigenvalue weighted by Crippen LogP contribution is -2.26. The number of rotatable bonds is 7. The second-order valence-corrected chi connectivity index (χ2v) is 8.28. The number of carbonyl (C=O) groups excluding carboxylic acids is 1. The van der Waals surface area contributed by atoms with Crippen molar-refractivity contribution in [1.29, 1.82) is 0 Å². The first-order valence-corrected chi connectivity index (χ1v) is 11.2. The quantitative estimate of drug-likeness (QED) is 0.408. The second-order valence-electron chi connectivity index (χ2n) is 8.28. The largest absolute Gasteiger partial charge is 0.369 e. The highest BCUT2D eigenvalue weighted by Gasteiger charge is 2.20. The predicted molar refractivity (Wildman–Crippen MR) is 129 cm³/mol. The molecule has 162 valence electrons. The van der Waals surface area contributed by atoms with E-state index in [2.05, 4.69) is 15.2 Å². The molecule has 1 aliphatic heterocycles. The highest BCUT2D eigenvalue weighted by molar-refractivity contribution is 6.11. The molecule has 0 radical (unpaired) electrons. The monoisotopic (exact) mass is 425 g/mol. The van der Waals surface area contributed by atoms with E-state index >= 15 is 0 Å². The number of likely N-dealkylation sites (tertiary alicyclic amines) is 1. The zero-order chi connectivity index (χ0) is 21.9. The van der Waals surface area contributed by atoms with Crippen molar-refractivity contribution in [3.8, 4) is 22.8 Å². The third-order valence-electron chi connectivity index (χ3n) is 6.01. The van der Waals surface area contributed by atoms with Crippen LogP contribution in [0.2, 0.25) is 0 Å². The van der Waals surface area contributed by atoms with Gasteiger partial charge in [0.05, 0.1) is 17.0 Å². The van der Waals surface area contributed by atoms with Gasteiger partial charge in [0, 0.05) is 35.6 Å². The lowest BCUT2D eigenvalue weighted by molar-refractivity contribution is 0.102. The minimum Gasteiger partial charge on any atom is -0.369 e. The molecule has 0 unspecified atom stereocenters. The summed E-state index contributed by atoms with van der Waals surface area (Å²) in [5.41, 5.74) is 4.05. The van der Waals surface area contributed by atoms with E-state index < -0.39 is 0 Å². The number of Topliss-reactive ketones (excluding diaryl/α,β-unsaturated/α-hetero) is 1. The Morgan fingerprint density at radius 1 is 1.03 bits per heavy atom. The number of H-pyrrole nitrogens is 1. The van der Waals surface area contributed by atoms with Crippen LogP contribution in [0.15, 0.2) is 60.7 Å². The van der Waals surface area contributed by atoms with Gasteiger partial charge in [0.2, 0.25) is 0 Å². The van der Waals surface area contributed by atoms with Crippen molar-refractivity contribution < 1.29 is 4.79 Å². The Kier molecular flexibility index (Phi) is 5.69. The lowest BCUT2D eigenvalue weighted by Gasteiger charge is -2.16. The van der Waals surface area contributed by atoms with Gasteiger partial charge in [0.25, 0.3) is 0 Å². The second kappa shape index (κ2) is 8.93. The number of aromatic amines is 1. The Balaban J connectivity index is 1.56. The number of carbonyl (C=O) groups is 1. The first kappa shape index (κ1) is 20.4. The average molecular weight is 426 g/mol. The average Bonchev–Trinajstić information content (AvgIpc) is 3.47. The standard InChI is InChI=1S/C26H27N5O/c1-18(32)24-20-11-5-6-12-21(20)28-25(24)26-29-22(19-9-3-2-4-10-19)17-23(30-26)27-13-16-31-14-7-8-15-31/h2-6,9-12,17,28H,7-8,13-16H2,1H3,(H,27,29,30). The molecule has 6 nitrogen and oxygen atoms in total. The Morgan fingerprint density at radius 3 is 2.56 bits per heavy atom. The number of nitrogens with one attached hydrogen (secondary N) is 2. The zero-order valence-corrected chi connectivity index (χ0v) is 18.3. The number of fused-ring (bicyclic) bond motifs is 1. The minimum atomic E-state index is -0.00490. The van der Waals surface area contributed by atoms with Crippen LogP contribution in [0, 0.1) is 0 Å². The van der Waals surface area contributed by atoms with E-state index in [1.807, 2.05) is 60.7 Å². The summed E-state index contributed by atoms with van der Waals surface area (Å²) in [4.78, 5) is 28.1.